The number of carbonyl (C=O) groups excluding carboxylic acids is 3. The molecule has 0 radical (unpaired) electrons. The van der Waals surface area contributed by atoms with E-state index in [0.29, 0.717) is 13.0 Å². The minimum Gasteiger partial charge on any atom is -0.466 e. The van der Waals surface area contributed by atoms with Crippen LogP contribution >= 0.6 is 11.8 Å². The first-order chi connectivity index (χ1) is 16.2. The van der Waals surface area contributed by atoms with E-state index < -0.39 is 27.4 Å². The Morgan fingerprint density at radius 3 is 2.59 bits per heavy atom. The number of rotatable bonds is 8. The topological polar surface area (TPSA) is 87.2 Å². The van der Waals surface area contributed by atoms with E-state index in [1.807, 2.05) is 39.0 Å². The fourth-order valence-corrected chi connectivity index (χ4v) is 8.78. The first-order valence-corrected chi connectivity index (χ1v) is 12.7. The molecule has 5 atom stereocenters. The van der Waals surface area contributed by atoms with Crippen LogP contribution < -0.4 is 4.90 Å². The molecule has 3 saturated heterocycles. The van der Waals surface area contributed by atoms with Gasteiger partial charge in [0.1, 0.15) is 6.04 Å². The first-order valence-electron chi connectivity index (χ1n) is 11.9. The molecule has 7 nitrogen and oxygen atoms in total. The number of esters is 1. The molecule has 2 bridgehead atoms. The molecule has 3 aliphatic heterocycles. The van der Waals surface area contributed by atoms with Gasteiger partial charge in [-0.25, -0.2) is 0 Å². The number of aliphatic hydroxyl groups excluding tert-OH is 1. The number of β-amino-alcohol motifs (C(OH)–C–C–N with tert-alkyl or cyclic N) is 1. The molecule has 1 N–H and O–H groups in total. The van der Waals surface area contributed by atoms with E-state index in [1.54, 1.807) is 29.7 Å². The first kappa shape index (κ1) is 24.8. The van der Waals surface area contributed by atoms with Crippen LogP contribution in [0.4, 0.5) is 5.69 Å². The van der Waals surface area contributed by atoms with Crippen molar-refractivity contribution in [2.24, 2.45) is 11.8 Å². The third-order valence-corrected chi connectivity index (χ3v) is 9.66. The maximum absolute atomic E-state index is 14.4. The van der Waals surface area contributed by atoms with Crippen LogP contribution in [0.2, 0.25) is 0 Å². The Hall–Kier alpha value is -2.32. The van der Waals surface area contributed by atoms with E-state index in [2.05, 4.69) is 6.58 Å². The zero-order chi connectivity index (χ0) is 24.8. The Kier molecular flexibility index (Phi) is 6.59. The molecule has 1 spiro atoms. The molecule has 184 valence electrons. The van der Waals surface area contributed by atoms with Crippen LogP contribution in [0.15, 0.2) is 30.9 Å². The molecule has 2 amide bonds. The molecule has 0 aromatic heterocycles. The van der Waals surface area contributed by atoms with Crippen LogP contribution in [0.1, 0.15) is 37.8 Å². The van der Waals surface area contributed by atoms with Gasteiger partial charge in [-0.3, -0.25) is 14.4 Å². The lowest BCUT2D eigenvalue weighted by molar-refractivity contribution is -0.155. The van der Waals surface area contributed by atoms with Gasteiger partial charge in [0.05, 0.1) is 29.8 Å². The van der Waals surface area contributed by atoms with Crippen molar-refractivity contribution in [2.45, 2.75) is 56.1 Å². The van der Waals surface area contributed by atoms with Gasteiger partial charge in [0.15, 0.2) is 0 Å². The lowest BCUT2D eigenvalue weighted by Gasteiger charge is -2.37. The Labute approximate surface area is 205 Å². The molecular formula is C26H34N2O5S. The number of ether oxygens (including phenoxy) is 1. The zero-order valence-corrected chi connectivity index (χ0v) is 21.2. The van der Waals surface area contributed by atoms with Crippen molar-refractivity contribution in [3.8, 4) is 0 Å². The van der Waals surface area contributed by atoms with Crippen LogP contribution in [0.25, 0.3) is 0 Å². The molecule has 0 saturated carbocycles. The standard InChI is InChI=1S/C26H34N2O5S/c1-6-13-27(20-16(3)9-8-10-17(20)4)23(31)21-26-12-11-25(5,34-26)19(24(32)33-7-2)18(26)22(30)28(21)14-15-29/h6,8-10,18-19,21,29H,1,7,11-15H2,2-5H3/t18-,19-,21?,25+,26?/m0/s1. The van der Waals surface area contributed by atoms with Crippen molar-refractivity contribution in [3.05, 3.63) is 42.0 Å². The number of benzene rings is 1. The molecule has 4 rings (SSSR count). The number of aliphatic hydroxyl groups is 1. The fourth-order valence-electron chi connectivity index (χ4n) is 6.44. The molecule has 34 heavy (non-hydrogen) atoms. The fraction of sp³-hybridized carbons (Fsp3) is 0.577. The highest BCUT2D eigenvalue weighted by Gasteiger charge is 2.77. The number of likely N-dealkylation sites (tertiary alicyclic amines) is 1. The van der Waals surface area contributed by atoms with Gasteiger partial charge >= 0.3 is 5.97 Å². The van der Waals surface area contributed by atoms with E-state index >= 15 is 0 Å². The van der Waals surface area contributed by atoms with Gasteiger partial charge in [0.2, 0.25) is 5.91 Å². The monoisotopic (exact) mass is 486 g/mol. The SMILES string of the molecule is C=CCN(C(=O)C1N(CCO)C(=O)[C@@H]2[C@@H](C(=O)OCC)[C@@]3(C)CCC12S3)c1c(C)cccc1C. The highest BCUT2D eigenvalue weighted by molar-refractivity contribution is 8.02. The molecule has 3 fully saturated rings. The molecule has 1 aromatic carbocycles. The Balaban J connectivity index is 1.83. The highest BCUT2D eigenvalue weighted by Crippen LogP contribution is 2.71. The third kappa shape index (κ3) is 3.49. The lowest BCUT2D eigenvalue weighted by atomic mass is 9.66. The average Bonchev–Trinajstić information content (AvgIpc) is 3.34. The lowest BCUT2D eigenvalue weighted by Crippen LogP contribution is -2.55. The number of amides is 2. The summed E-state index contributed by atoms with van der Waals surface area (Å²) in [6, 6.07) is 5.11. The van der Waals surface area contributed by atoms with Gasteiger partial charge in [-0.2, -0.15) is 0 Å². The van der Waals surface area contributed by atoms with Crippen molar-refractivity contribution in [2.75, 3.05) is 31.2 Å². The van der Waals surface area contributed by atoms with Gasteiger partial charge in [-0.05, 0) is 51.7 Å². The zero-order valence-electron chi connectivity index (χ0n) is 20.4. The summed E-state index contributed by atoms with van der Waals surface area (Å²) in [4.78, 5) is 44.4. The van der Waals surface area contributed by atoms with Gasteiger partial charge in [0.25, 0.3) is 5.91 Å². The summed E-state index contributed by atoms with van der Waals surface area (Å²) in [7, 11) is 0. The number of nitrogens with zero attached hydrogens (tertiary/aromatic N) is 2. The summed E-state index contributed by atoms with van der Waals surface area (Å²) in [5, 5.41) is 9.80. The molecule has 8 heteroatoms. The number of hydrogen-bond acceptors (Lipinski definition) is 6. The predicted molar refractivity (Wildman–Crippen MR) is 133 cm³/mol. The van der Waals surface area contributed by atoms with Crippen molar-refractivity contribution < 1.29 is 24.2 Å². The Morgan fingerprint density at radius 1 is 1.32 bits per heavy atom. The number of carbonyl (C=O) groups is 3. The number of aryl methyl sites for hydroxylation is 2. The van der Waals surface area contributed by atoms with Crippen molar-refractivity contribution in [3.63, 3.8) is 0 Å². The summed E-state index contributed by atoms with van der Waals surface area (Å²) in [6.07, 6.45) is 3.08. The van der Waals surface area contributed by atoms with Crippen LogP contribution in [0.3, 0.4) is 0 Å². The number of fused-ring (bicyclic) bond motifs is 1. The molecule has 2 unspecified atom stereocenters. The molecule has 3 aliphatic rings. The maximum atomic E-state index is 14.4. The van der Waals surface area contributed by atoms with Gasteiger partial charge in [-0.15, -0.1) is 18.3 Å². The minimum atomic E-state index is -0.776. The third-order valence-electron chi connectivity index (χ3n) is 7.68. The van der Waals surface area contributed by atoms with E-state index in [-0.39, 0.29) is 37.5 Å². The quantitative estimate of drug-likeness (QED) is 0.449. The normalized spacial score (nSPS) is 31.5. The molecular weight excluding hydrogens is 452 g/mol. The van der Waals surface area contributed by atoms with Crippen LogP contribution in [-0.2, 0) is 19.1 Å². The summed E-state index contributed by atoms with van der Waals surface area (Å²) in [5.74, 6) is -2.04. The highest BCUT2D eigenvalue weighted by atomic mass is 32.2. The predicted octanol–water partition coefficient (Wildman–Crippen LogP) is 2.86. The van der Waals surface area contributed by atoms with Gasteiger partial charge < -0.3 is 19.6 Å². The van der Waals surface area contributed by atoms with Crippen molar-refractivity contribution >= 4 is 35.2 Å². The molecule has 3 heterocycles. The summed E-state index contributed by atoms with van der Waals surface area (Å²) < 4.78 is 4.20. The second-order valence-corrected chi connectivity index (χ2v) is 11.6. The average molecular weight is 487 g/mol. The summed E-state index contributed by atoms with van der Waals surface area (Å²) in [6.45, 7) is 11.9. The van der Waals surface area contributed by atoms with Crippen LogP contribution in [-0.4, -0.2) is 69.6 Å². The largest absolute Gasteiger partial charge is 0.466 e. The Morgan fingerprint density at radius 2 is 2.00 bits per heavy atom. The van der Waals surface area contributed by atoms with Crippen molar-refractivity contribution in [1.82, 2.24) is 4.90 Å². The summed E-state index contributed by atoms with van der Waals surface area (Å²) >= 11 is 1.60. The maximum Gasteiger partial charge on any atom is 0.311 e. The second kappa shape index (κ2) is 9.04. The van der Waals surface area contributed by atoms with E-state index in [9.17, 15) is 19.5 Å². The molecule has 1 aromatic rings. The Bertz CT molecular complexity index is 1010. The number of hydrogen-bond donors (Lipinski definition) is 1. The number of thioether (sulfide) groups is 1. The molecule has 0 aliphatic carbocycles. The minimum absolute atomic E-state index is 0.0506. The van der Waals surface area contributed by atoms with Crippen LogP contribution in [0, 0.1) is 25.7 Å². The van der Waals surface area contributed by atoms with E-state index in [0.717, 1.165) is 23.2 Å². The second-order valence-electron chi connectivity index (χ2n) is 9.71. The summed E-state index contributed by atoms with van der Waals surface area (Å²) in [5.41, 5.74) is 2.73. The van der Waals surface area contributed by atoms with Gasteiger partial charge in [0, 0.05) is 23.5 Å². The van der Waals surface area contributed by atoms with Gasteiger partial charge in [-0.1, -0.05) is 24.3 Å². The number of anilines is 1. The van der Waals surface area contributed by atoms with E-state index in [4.69, 9.17) is 4.74 Å². The number of para-hydroxylation sites is 1. The van der Waals surface area contributed by atoms with E-state index in [1.165, 1.54) is 4.90 Å². The smallest absolute Gasteiger partial charge is 0.311 e. The van der Waals surface area contributed by atoms with Crippen LogP contribution in [0.5, 0.6) is 0 Å². The van der Waals surface area contributed by atoms with Crippen molar-refractivity contribution in [1.29, 1.82) is 0 Å².